The molecule has 0 aliphatic heterocycles. The SMILES string of the molecule is C=C(C)[C@H](C)CC[C@](C)(O)[C@H]1CC[C@]2(C)[C@@H]1CC[C@@H]1[C@@]3(C)CC[C@H](O)C(C)(C)[C@H]3CC[C@]12C. The van der Waals surface area contributed by atoms with Crippen molar-refractivity contribution in [1.29, 1.82) is 0 Å². The van der Waals surface area contributed by atoms with Gasteiger partial charge in [0.1, 0.15) is 0 Å². The fourth-order valence-electron chi connectivity index (χ4n) is 10.4. The van der Waals surface area contributed by atoms with E-state index in [1.54, 1.807) is 0 Å². The predicted molar refractivity (Wildman–Crippen MR) is 139 cm³/mol. The first kappa shape index (κ1) is 25.7. The first-order valence-electron chi connectivity index (χ1n) is 14.2. The van der Waals surface area contributed by atoms with Gasteiger partial charge in [-0.25, -0.2) is 0 Å². The van der Waals surface area contributed by atoms with Crippen molar-refractivity contribution in [2.24, 2.45) is 51.2 Å². The number of rotatable bonds is 5. The Bertz CT molecular complexity index is 767. The van der Waals surface area contributed by atoms with Crippen molar-refractivity contribution in [3.8, 4) is 0 Å². The number of aliphatic hydroxyl groups excluding tert-OH is 1. The number of fused-ring (bicyclic) bond motifs is 5. The molecule has 0 bridgehead atoms. The highest BCUT2D eigenvalue weighted by Gasteiger charge is 2.69. The van der Waals surface area contributed by atoms with Crippen LogP contribution in [0, 0.1) is 51.2 Å². The van der Waals surface area contributed by atoms with Crippen LogP contribution in [-0.2, 0) is 0 Å². The first-order valence-corrected chi connectivity index (χ1v) is 14.2. The van der Waals surface area contributed by atoms with E-state index in [1.807, 2.05) is 0 Å². The molecule has 2 heteroatoms. The van der Waals surface area contributed by atoms with Gasteiger partial charge in [0.15, 0.2) is 0 Å². The Morgan fingerprint density at radius 1 is 0.939 bits per heavy atom. The minimum atomic E-state index is -0.576. The van der Waals surface area contributed by atoms with Gasteiger partial charge in [-0.2, -0.15) is 0 Å². The van der Waals surface area contributed by atoms with Gasteiger partial charge in [0.2, 0.25) is 0 Å². The Kier molecular flexibility index (Phi) is 6.31. The highest BCUT2D eigenvalue weighted by Crippen LogP contribution is 2.75. The molecule has 0 radical (unpaired) electrons. The molecule has 2 nitrogen and oxygen atoms in total. The lowest BCUT2D eigenvalue weighted by molar-refractivity contribution is -0.225. The Hall–Kier alpha value is -0.340. The van der Waals surface area contributed by atoms with E-state index in [9.17, 15) is 10.2 Å². The van der Waals surface area contributed by atoms with Gasteiger partial charge in [-0.15, -0.1) is 0 Å². The van der Waals surface area contributed by atoms with E-state index in [0.29, 0.717) is 39.9 Å². The normalized spacial score (nSPS) is 49.3. The molecule has 4 aliphatic carbocycles. The molecule has 4 saturated carbocycles. The summed E-state index contributed by atoms with van der Waals surface area (Å²) in [5.41, 5.74) is 1.68. The van der Waals surface area contributed by atoms with Crippen molar-refractivity contribution in [2.45, 2.75) is 131 Å². The molecule has 4 fully saturated rings. The van der Waals surface area contributed by atoms with E-state index in [0.717, 1.165) is 25.2 Å². The second-order valence-corrected chi connectivity index (χ2v) is 14.8. The quantitative estimate of drug-likeness (QED) is 0.413. The number of aliphatic hydroxyl groups is 2. The monoisotopic (exact) mass is 458 g/mol. The van der Waals surface area contributed by atoms with Gasteiger partial charge in [0, 0.05) is 0 Å². The lowest BCUT2D eigenvalue weighted by atomic mass is 9.35. The van der Waals surface area contributed by atoms with Crippen LogP contribution >= 0.6 is 0 Å². The molecule has 0 heterocycles. The van der Waals surface area contributed by atoms with Crippen LogP contribution in [0.25, 0.3) is 0 Å². The fourth-order valence-corrected chi connectivity index (χ4v) is 10.4. The molecule has 0 aromatic carbocycles. The van der Waals surface area contributed by atoms with Crippen LogP contribution in [0.1, 0.15) is 120 Å². The van der Waals surface area contributed by atoms with Gasteiger partial charge in [0.05, 0.1) is 11.7 Å². The van der Waals surface area contributed by atoms with Crippen LogP contribution in [0.3, 0.4) is 0 Å². The van der Waals surface area contributed by atoms with Gasteiger partial charge in [-0.1, -0.05) is 53.7 Å². The molecule has 0 saturated heterocycles. The molecule has 190 valence electrons. The van der Waals surface area contributed by atoms with Crippen molar-refractivity contribution >= 4 is 0 Å². The Morgan fingerprint density at radius 3 is 2.21 bits per heavy atom. The number of hydrogen-bond acceptors (Lipinski definition) is 2. The molecule has 4 aliphatic rings. The summed E-state index contributed by atoms with van der Waals surface area (Å²) in [6.45, 7) is 23.2. The largest absolute Gasteiger partial charge is 0.393 e. The van der Waals surface area contributed by atoms with Crippen molar-refractivity contribution in [3.63, 3.8) is 0 Å². The summed E-state index contributed by atoms with van der Waals surface area (Å²) in [4.78, 5) is 0. The predicted octanol–water partition coefficient (Wildman–Crippen LogP) is 7.78. The Morgan fingerprint density at radius 2 is 1.58 bits per heavy atom. The van der Waals surface area contributed by atoms with E-state index in [2.05, 4.69) is 62.0 Å². The van der Waals surface area contributed by atoms with E-state index >= 15 is 0 Å². The van der Waals surface area contributed by atoms with Crippen LogP contribution in [0.4, 0.5) is 0 Å². The average molecular weight is 459 g/mol. The Labute approximate surface area is 205 Å². The molecule has 4 rings (SSSR count). The second kappa shape index (κ2) is 8.09. The van der Waals surface area contributed by atoms with Gasteiger partial charge in [-0.05, 0) is 129 Å². The molecule has 0 amide bonds. The standard InChI is InChI=1S/C31H54O2/c1-20(2)21(3)12-19-31(9,33)23-13-17-29(7)22(23)10-11-25-28(6)16-15-26(32)27(4,5)24(28)14-18-30(25,29)8/h21-26,32-33H,1,10-19H2,2-9H3/t21-,22-,23+,24-,25-,26+,28+,29-,30-,31+/m1/s1. The smallest absolute Gasteiger partial charge is 0.0650 e. The average Bonchev–Trinajstić information content (AvgIpc) is 3.08. The van der Waals surface area contributed by atoms with Crippen LogP contribution in [-0.4, -0.2) is 21.9 Å². The minimum absolute atomic E-state index is 0.0218. The van der Waals surface area contributed by atoms with Gasteiger partial charge >= 0.3 is 0 Å². The first-order chi connectivity index (χ1) is 15.1. The molecule has 2 N–H and O–H groups in total. The zero-order valence-corrected chi connectivity index (χ0v) is 23.1. The van der Waals surface area contributed by atoms with Gasteiger partial charge in [0.25, 0.3) is 0 Å². The van der Waals surface area contributed by atoms with Crippen LogP contribution in [0.2, 0.25) is 0 Å². The third-order valence-corrected chi connectivity index (χ3v) is 13.1. The third-order valence-electron chi connectivity index (χ3n) is 13.1. The summed E-state index contributed by atoms with van der Waals surface area (Å²) in [6.07, 6.45) is 11.5. The fraction of sp³-hybridized carbons (Fsp3) is 0.935. The lowest BCUT2D eigenvalue weighted by Gasteiger charge is -2.70. The van der Waals surface area contributed by atoms with Gasteiger partial charge in [-0.3, -0.25) is 0 Å². The maximum atomic E-state index is 11.8. The van der Waals surface area contributed by atoms with Crippen molar-refractivity contribution in [2.75, 3.05) is 0 Å². The third kappa shape index (κ3) is 3.62. The zero-order valence-electron chi connectivity index (χ0n) is 23.1. The molecule has 0 unspecified atom stereocenters. The van der Waals surface area contributed by atoms with E-state index < -0.39 is 5.60 Å². The summed E-state index contributed by atoms with van der Waals surface area (Å²) in [7, 11) is 0. The number of allylic oxidation sites excluding steroid dienone is 1. The van der Waals surface area contributed by atoms with Crippen LogP contribution in [0.5, 0.6) is 0 Å². The molecule has 10 atom stereocenters. The van der Waals surface area contributed by atoms with E-state index in [1.165, 1.54) is 50.5 Å². The summed E-state index contributed by atoms with van der Waals surface area (Å²) in [6, 6.07) is 0. The topological polar surface area (TPSA) is 40.5 Å². The van der Waals surface area contributed by atoms with Crippen molar-refractivity contribution in [3.05, 3.63) is 12.2 Å². The number of hydrogen-bond donors (Lipinski definition) is 2. The van der Waals surface area contributed by atoms with Crippen molar-refractivity contribution in [1.82, 2.24) is 0 Å². The summed E-state index contributed by atoms with van der Waals surface area (Å²) in [5.74, 6) is 2.90. The second-order valence-electron chi connectivity index (χ2n) is 14.8. The lowest BCUT2D eigenvalue weighted by Crippen LogP contribution is -2.64. The maximum Gasteiger partial charge on any atom is 0.0650 e. The molecule has 33 heavy (non-hydrogen) atoms. The Balaban J connectivity index is 1.59. The molecular weight excluding hydrogens is 404 g/mol. The maximum absolute atomic E-state index is 11.8. The summed E-state index contributed by atoms with van der Waals surface area (Å²) >= 11 is 0. The summed E-state index contributed by atoms with van der Waals surface area (Å²) < 4.78 is 0. The van der Waals surface area contributed by atoms with Crippen LogP contribution < -0.4 is 0 Å². The van der Waals surface area contributed by atoms with E-state index in [4.69, 9.17) is 0 Å². The molecule has 0 aromatic rings. The van der Waals surface area contributed by atoms with Crippen molar-refractivity contribution < 1.29 is 10.2 Å². The highest BCUT2D eigenvalue weighted by molar-refractivity contribution is 5.18. The summed E-state index contributed by atoms with van der Waals surface area (Å²) in [5, 5.41) is 22.6. The molecular formula is C31H54O2. The highest BCUT2D eigenvalue weighted by atomic mass is 16.3. The molecule has 0 aromatic heterocycles. The minimum Gasteiger partial charge on any atom is -0.393 e. The van der Waals surface area contributed by atoms with E-state index in [-0.39, 0.29) is 11.5 Å². The molecule has 0 spiro atoms. The zero-order chi connectivity index (χ0) is 24.6. The van der Waals surface area contributed by atoms with Crippen LogP contribution in [0.15, 0.2) is 12.2 Å². The van der Waals surface area contributed by atoms with Gasteiger partial charge < -0.3 is 10.2 Å².